The van der Waals surface area contributed by atoms with Crippen LogP contribution in [0.4, 0.5) is 4.79 Å². The van der Waals surface area contributed by atoms with Gasteiger partial charge in [0.05, 0.1) is 37.0 Å². The Morgan fingerprint density at radius 2 is 1.96 bits per heavy atom. The predicted molar refractivity (Wildman–Crippen MR) is 173 cm³/mol. The predicted octanol–water partition coefficient (Wildman–Crippen LogP) is -1.24. The van der Waals surface area contributed by atoms with E-state index >= 15 is 0 Å². The zero-order valence-corrected chi connectivity index (χ0v) is 28.6. The van der Waals surface area contributed by atoms with Crippen LogP contribution in [-0.2, 0) is 23.8 Å². The highest BCUT2D eigenvalue weighted by Gasteiger charge is 2.55. The number of nitrogens with zero attached hydrogens (tertiary/aromatic N) is 5. The summed E-state index contributed by atoms with van der Waals surface area (Å²) in [6, 6.07) is 1.79. The lowest BCUT2D eigenvalue weighted by molar-refractivity contribution is -0.231. The summed E-state index contributed by atoms with van der Waals surface area (Å²) in [5, 5.41) is 53.2. The van der Waals surface area contributed by atoms with Gasteiger partial charge in [-0.25, -0.2) is 19.1 Å². The van der Waals surface area contributed by atoms with Crippen molar-refractivity contribution < 1.29 is 53.8 Å². The molecule has 0 bridgehead atoms. The number of carbonyl (C=O) groups excluding carboxylic acids is 3. The summed E-state index contributed by atoms with van der Waals surface area (Å²) in [5.74, 6) is -2.64. The topological polar surface area (TPSA) is 238 Å². The highest BCUT2D eigenvalue weighted by Crippen LogP contribution is 2.38. The molecule has 3 amide bonds. The van der Waals surface area contributed by atoms with Crippen molar-refractivity contribution >= 4 is 29.5 Å². The van der Waals surface area contributed by atoms with Gasteiger partial charge in [-0.15, -0.1) is 0 Å². The molecule has 3 aliphatic heterocycles. The number of aliphatic hydroxyl groups excluding tert-OH is 3. The summed E-state index contributed by atoms with van der Waals surface area (Å²) in [7, 11) is 0. The molecule has 18 nitrogen and oxygen atoms in total. The number of morpholine rings is 1. The van der Waals surface area contributed by atoms with Gasteiger partial charge in [-0.05, 0) is 33.3 Å². The third-order valence-electron chi connectivity index (χ3n) is 9.42. The minimum atomic E-state index is -2.03. The molecule has 5 heterocycles. The quantitative estimate of drug-likeness (QED) is 0.170. The van der Waals surface area contributed by atoms with Gasteiger partial charge in [0.1, 0.15) is 17.8 Å². The molecular weight excluding hydrogens is 658 g/mol. The first-order valence-corrected chi connectivity index (χ1v) is 16.6. The first-order chi connectivity index (χ1) is 23.5. The van der Waals surface area contributed by atoms with Crippen LogP contribution in [0.5, 0.6) is 0 Å². The number of likely N-dealkylation sites (tertiary alicyclic amines) is 1. The Morgan fingerprint density at radius 1 is 1.20 bits per heavy atom. The van der Waals surface area contributed by atoms with E-state index in [2.05, 4.69) is 25.6 Å². The molecule has 5 rings (SSSR count). The van der Waals surface area contributed by atoms with E-state index in [1.165, 1.54) is 23.7 Å². The van der Waals surface area contributed by atoms with Gasteiger partial charge in [-0.1, -0.05) is 0 Å². The van der Waals surface area contributed by atoms with Crippen molar-refractivity contribution in [2.45, 2.75) is 94.2 Å². The molecule has 3 fully saturated rings. The second-order valence-electron chi connectivity index (χ2n) is 14.3. The number of fused-ring (bicyclic) bond motifs is 1. The third kappa shape index (κ3) is 8.16. The Balaban J connectivity index is 1.29. The molecule has 0 aliphatic carbocycles. The molecule has 2 aromatic rings. The lowest BCUT2D eigenvalue weighted by Crippen LogP contribution is -2.68. The Hall–Kier alpha value is -3.94. The van der Waals surface area contributed by atoms with Gasteiger partial charge in [0.15, 0.2) is 16.9 Å². The molecule has 50 heavy (non-hydrogen) atoms. The number of aliphatic hydroxyl groups is 3. The van der Waals surface area contributed by atoms with Crippen molar-refractivity contribution in [1.29, 1.82) is 0 Å². The first kappa shape index (κ1) is 37.3. The van der Waals surface area contributed by atoms with Crippen molar-refractivity contribution in [3.63, 3.8) is 0 Å². The fourth-order valence-corrected chi connectivity index (χ4v) is 6.88. The summed E-state index contributed by atoms with van der Waals surface area (Å²) >= 11 is 0. The highest BCUT2D eigenvalue weighted by atomic mass is 16.6. The number of aliphatic carboxylic acids is 1. The van der Waals surface area contributed by atoms with E-state index in [0.717, 1.165) is 0 Å². The average molecular weight is 706 g/mol. The van der Waals surface area contributed by atoms with Gasteiger partial charge in [-0.2, -0.15) is 5.10 Å². The summed E-state index contributed by atoms with van der Waals surface area (Å²) in [6.45, 7) is 8.09. The number of carbonyl (C=O) groups is 4. The van der Waals surface area contributed by atoms with Crippen LogP contribution in [0.3, 0.4) is 0 Å². The van der Waals surface area contributed by atoms with E-state index in [-0.39, 0.29) is 18.7 Å². The molecule has 1 spiro atoms. The number of amides is 3. The Kier molecular flexibility index (Phi) is 11.0. The van der Waals surface area contributed by atoms with Gasteiger partial charge in [-0.3, -0.25) is 14.5 Å². The van der Waals surface area contributed by atoms with Gasteiger partial charge < -0.3 is 50.2 Å². The van der Waals surface area contributed by atoms with Crippen molar-refractivity contribution in [2.75, 3.05) is 45.9 Å². The van der Waals surface area contributed by atoms with Crippen LogP contribution in [-0.4, -0.2) is 162 Å². The third-order valence-corrected chi connectivity index (χ3v) is 9.42. The maximum absolute atomic E-state index is 12.9. The van der Waals surface area contributed by atoms with E-state index in [0.29, 0.717) is 44.9 Å². The minimum absolute atomic E-state index is 0.00751. The van der Waals surface area contributed by atoms with Crippen LogP contribution >= 0.6 is 0 Å². The SMILES string of the molecule is CC(=O)N[C@H]1[C@H]([C@H](O)[C@H](O)CNC(=O)c2cc3ncccn3n2)O[C@@](CCN2CCOC[C@@]23CCN(C(=O)OC(C)(C)C)C3)(C(=O)O)C[C@@H]1O. The molecule has 3 saturated heterocycles. The number of carboxylic acids is 1. The molecule has 0 unspecified atom stereocenters. The van der Waals surface area contributed by atoms with Crippen molar-refractivity contribution in [3.05, 3.63) is 30.2 Å². The lowest BCUT2D eigenvalue weighted by atomic mass is 9.81. The second-order valence-corrected chi connectivity index (χ2v) is 14.3. The summed E-state index contributed by atoms with van der Waals surface area (Å²) in [5.41, 5.74) is -2.89. The molecule has 7 atom stereocenters. The van der Waals surface area contributed by atoms with Crippen LogP contribution in [0.2, 0.25) is 0 Å². The summed E-state index contributed by atoms with van der Waals surface area (Å²) < 4.78 is 18.9. The zero-order chi connectivity index (χ0) is 36.4. The number of carboxylic acid groups (broad SMARTS) is 1. The lowest BCUT2D eigenvalue weighted by Gasteiger charge is -2.49. The fraction of sp³-hybridized carbons (Fsp3) is 0.688. The van der Waals surface area contributed by atoms with Crippen LogP contribution in [0.25, 0.3) is 5.65 Å². The number of rotatable bonds is 10. The van der Waals surface area contributed by atoms with Crippen LogP contribution in [0.1, 0.15) is 57.4 Å². The monoisotopic (exact) mass is 705 g/mol. The largest absolute Gasteiger partial charge is 0.479 e. The number of ether oxygens (including phenoxy) is 3. The maximum Gasteiger partial charge on any atom is 0.410 e. The number of hydrogen-bond acceptors (Lipinski definition) is 13. The van der Waals surface area contributed by atoms with Gasteiger partial charge in [0.2, 0.25) is 5.91 Å². The standard InChI is InChI=1S/C32H47N7O11/c1-19(40)35-24-21(41)15-32(28(45)46,7-11-38-12-13-48-18-31(38)6-10-37(17-31)29(47)50-30(2,3)4)49-26(24)25(43)22(42)16-34-27(44)20-14-23-33-8-5-9-39(23)36-20/h5,8-9,14,21-22,24-26,41-43H,6-7,10-13,15-18H2,1-4H3,(H,34,44)(H,35,40)(H,45,46)/t21-,22+,24+,25+,26+,31-,32+/m0/s1. The van der Waals surface area contributed by atoms with Crippen molar-refractivity contribution in [2.24, 2.45) is 0 Å². The highest BCUT2D eigenvalue weighted by molar-refractivity contribution is 5.93. The van der Waals surface area contributed by atoms with Crippen molar-refractivity contribution in [1.82, 2.24) is 35.0 Å². The van der Waals surface area contributed by atoms with E-state index in [1.54, 1.807) is 37.9 Å². The Morgan fingerprint density at radius 3 is 2.64 bits per heavy atom. The molecule has 3 aliphatic rings. The molecule has 0 radical (unpaired) electrons. The van der Waals surface area contributed by atoms with E-state index in [9.17, 15) is 39.6 Å². The van der Waals surface area contributed by atoms with Crippen LogP contribution < -0.4 is 10.6 Å². The average Bonchev–Trinajstić information content (AvgIpc) is 3.68. The van der Waals surface area contributed by atoms with Gasteiger partial charge >= 0.3 is 12.1 Å². The number of aromatic nitrogens is 3. The summed E-state index contributed by atoms with van der Waals surface area (Å²) in [4.78, 5) is 58.4. The molecule has 0 aromatic carbocycles. The smallest absolute Gasteiger partial charge is 0.410 e. The number of nitrogens with one attached hydrogen (secondary N) is 2. The number of hydrogen-bond donors (Lipinski definition) is 6. The molecular formula is C32H47N7O11. The first-order valence-electron chi connectivity index (χ1n) is 16.6. The molecule has 0 saturated carbocycles. The van der Waals surface area contributed by atoms with E-state index in [1.807, 2.05) is 0 Å². The van der Waals surface area contributed by atoms with Crippen LogP contribution in [0, 0.1) is 0 Å². The Bertz CT molecular complexity index is 1530. The minimum Gasteiger partial charge on any atom is -0.479 e. The van der Waals surface area contributed by atoms with Gasteiger partial charge in [0.25, 0.3) is 5.91 Å². The normalized spacial score (nSPS) is 28.7. The van der Waals surface area contributed by atoms with Crippen molar-refractivity contribution in [3.8, 4) is 0 Å². The van der Waals surface area contributed by atoms with Crippen LogP contribution in [0.15, 0.2) is 24.5 Å². The molecule has 276 valence electrons. The Labute approximate surface area is 288 Å². The maximum atomic E-state index is 12.9. The molecule has 18 heteroatoms. The second kappa shape index (κ2) is 14.7. The van der Waals surface area contributed by atoms with E-state index in [4.69, 9.17) is 14.2 Å². The fourth-order valence-electron chi connectivity index (χ4n) is 6.88. The summed E-state index contributed by atoms with van der Waals surface area (Å²) in [6.07, 6.45) is -3.94. The molecule has 6 N–H and O–H groups in total. The zero-order valence-electron chi connectivity index (χ0n) is 28.6. The molecule has 2 aromatic heterocycles. The van der Waals surface area contributed by atoms with Gasteiger partial charge in [0, 0.05) is 70.9 Å². The van der Waals surface area contributed by atoms with E-state index < -0.39 is 84.0 Å².